The van der Waals surface area contributed by atoms with Gasteiger partial charge in [-0.3, -0.25) is 9.89 Å². The number of halogens is 1. The van der Waals surface area contributed by atoms with Crippen LogP contribution in [0.15, 0.2) is 4.99 Å². The van der Waals surface area contributed by atoms with Crippen molar-refractivity contribution in [2.24, 2.45) is 10.4 Å². The first-order chi connectivity index (χ1) is 10.2. The largest absolute Gasteiger partial charge is 0.356 e. The van der Waals surface area contributed by atoms with Gasteiger partial charge in [-0.15, -0.1) is 24.0 Å². The second-order valence-electron chi connectivity index (χ2n) is 7.55. The van der Waals surface area contributed by atoms with Crippen LogP contribution in [0, 0.1) is 5.41 Å². The maximum absolute atomic E-state index is 4.54. The quantitative estimate of drug-likeness (QED) is 0.433. The van der Waals surface area contributed by atoms with Crippen molar-refractivity contribution in [3.63, 3.8) is 0 Å². The minimum atomic E-state index is 0. The molecule has 0 aromatic carbocycles. The van der Waals surface area contributed by atoms with E-state index >= 15 is 0 Å². The second-order valence-corrected chi connectivity index (χ2v) is 7.55. The average molecular weight is 420 g/mol. The fraction of sp³-hybridized carbons (Fsp3) is 0.941. The third kappa shape index (κ3) is 4.28. The Balaban J connectivity index is 0.00000176. The lowest BCUT2D eigenvalue weighted by Crippen LogP contribution is -2.45. The number of nitrogens with zero attached hydrogens (tertiary/aromatic N) is 3. The van der Waals surface area contributed by atoms with Crippen molar-refractivity contribution in [3.05, 3.63) is 0 Å². The summed E-state index contributed by atoms with van der Waals surface area (Å²) in [5.41, 5.74) is 0.490. The van der Waals surface area contributed by atoms with E-state index in [0.29, 0.717) is 5.41 Å². The van der Waals surface area contributed by atoms with E-state index in [4.69, 9.17) is 0 Å². The van der Waals surface area contributed by atoms with E-state index in [2.05, 4.69) is 27.0 Å². The molecule has 0 spiro atoms. The molecular weight excluding hydrogens is 387 g/mol. The van der Waals surface area contributed by atoms with Crippen LogP contribution < -0.4 is 5.32 Å². The number of likely N-dealkylation sites (tertiary alicyclic amines) is 2. The number of nitrogens with one attached hydrogen (secondary N) is 1. The van der Waals surface area contributed by atoms with Gasteiger partial charge in [-0.1, -0.05) is 19.8 Å². The Bertz CT molecular complexity index is 373. The molecule has 0 amide bonds. The third-order valence-corrected chi connectivity index (χ3v) is 5.82. The normalized spacial score (nSPS) is 28.9. The summed E-state index contributed by atoms with van der Waals surface area (Å²) < 4.78 is 0. The van der Waals surface area contributed by atoms with Gasteiger partial charge in [0.2, 0.25) is 0 Å². The van der Waals surface area contributed by atoms with Gasteiger partial charge in [-0.25, -0.2) is 0 Å². The van der Waals surface area contributed by atoms with Crippen LogP contribution in [0.2, 0.25) is 0 Å². The van der Waals surface area contributed by atoms with E-state index in [9.17, 15) is 0 Å². The summed E-state index contributed by atoms with van der Waals surface area (Å²) in [5, 5.41) is 3.66. The summed E-state index contributed by atoms with van der Waals surface area (Å²) in [6, 6.07) is 0.758. The van der Waals surface area contributed by atoms with Crippen LogP contribution in [0.3, 0.4) is 0 Å². The summed E-state index contributed by atoms with van der Waals surface area (Å²) in [6.45, 7) is 8.46. The molecule has 1 aliphatic carbocycles. The van der Waals surface area contributed by atoms with Crippen molar-refractivity contribution in [3.8, 4) is 0 Å². The van der Waals surface area contributed by atoms with Gasteiger partial charge < -0.3 is 10.2 Å². The van der Waals surface area contributed by atoms with Crippen LogP contribution in [-0.4, -0.2) is 61.6 Å². The van der Waals surface area contributed by atoms with Crippen molar-refractivity contribution >= 4 is 29.9 Å². The minimum Gasteiger partial charge on any atom is -0.356 e. The van der Waals surface area contributed by atoms with Crippen LogP contribution >= 0.6 is 24.0 Å². The van der Waals surface area contributed by atoms with E-state index in [1.54, 1.807) is 0 Å². The molecule has 2 aliphatic heterocycles. The zero-order valence-corrected chi connectivity index (χ0v) is 16.6. The van der Waals surface area contributed by atoms with Crippen molar-refractivity contribution in [1.29, 1.82) is 0 Å². The van der Waals surface area contributed by atoms with E-state index in [0.717, 1.165) is 31.6 Å². The van der Waals surface area contributed by atoms with Gasteiger partial charge in [0.05, 0.1) is 0 Å². The molecule has 2 heterocycles. The van der Waals surface area contributed by atoms with Crippen LogP contribution in [-0.2, 0) is 0 Å². The molecule has 1 unspecified atom stereocenters. The predicted octanol–water partition coefficient (Wildman–Crippen LogP) is 2.93. The lowest BCUT2D eigenvalue weighted by atomic mass is 9.89. The van der Waals surface area contributed by atoms with E-state index in [1.165, 1.54) is 58.0 Å². The van der Waals surface area contributed by atoms with Gasteiger partial charge in [-0.05, 0) is 50.6 Å². The summed E-state index contributed by atoms with van der Waals surface area (Å²) in [6.07, 6.45) is 9.62. The first-order valence-electron chi connectivity index (χ1n) is 8.90. The first-order valence-corrected chi connectivity index (χ1v) is 8.90. The zero-order chi connectivity index (χ0) is 14.7. The summed E-state index contributed by atoms with van der Waals surface area (Å²) >= 11 is 0. The maximum Gasteiger partial charge on any atom is 0.193 e. The minimum absolute atomic E-state index is 0. The molecule has 1 saturated carbocycles. The molecule has 2 saturated heterocycles. The predicted molar refractivity (Wildman–Crippen MR) is 104 cm³/mol. The molecule has 3 rings (SSSR count). The molecule has 0 radical (unpaired) electrons. The number of aliphatic imine (C=N–C) groups is 1. The van der Waals surface area contributed by atoms with E-state index < -0.39 is 0 Å². The molecule has 3 aliphatic rings. The topological polar surface area (TPSA) is 30.9 Å². The Morgan fingerprint density at radius 3 is 2.45 bits per heavy atom. The smallest absolute Gasteiger partial charge is 0.193 e. The highest BCUT2D eigenvalue weighted by molar-refractivity contribution is 14.0. The summed E-state index contributed by atoms with van der Waals surface area (Å²) in [5.74, 6) is 1.13. The van der Waals surface area contributed by atoms with Gasteiger partial charge in [0, 0.05) is 32.7 Å². The lowest BCUT2D eigenvalue weighted by Gasteiger charge is -2.29. The molecule has 1 N–H and O–H groups in total. The molecule has 1 atom stereocenters. The summed E-state index contributed by atoms with van der Waals surface area (Å²) in [7, 11) is 1.93. The second kappa shape index (κ2) is 8.18. The summed E-state index contributed by atoms with van der Waals surface area (Å²) in [4.78, 5) is 9.70. The third-order valence-electron chi connectivity index (χ3n) is 5.82. The van der Waals surface area contributed by atoms with Gasteiger partial charge in [-0.2, -0.15) is 0 Å². The number of hydrogen-bond acceptors (Lipinski definition) is 2. The highest BCUT2D eigenvalue weighted by Crippen LogP contribution is 2.36. The van der Waals surface area contributed by atoms with Gasteiger partial charge >= 0.3 is 0 Å². The van der Waals surface area contributed by atoms with Gasteiger partial charge in [0.25, 0.3) is 0 Å². The van der Waals surface area contributed by atoms with Gasteiger partial charge in [0.1, 0.15) is 0 Å². The number of hydrogen-bond donors (Lipinski definition) is 1. The van der Waals surface area contributed by atoms with Crippen LogP contribution in [0.4, 0.5) is 0 Å². The highest BCUT2D eigenvalue weighted by Gasteiger charge is 2.32. The molecule has 0 aromatic heterocycles. The zero-order valence-electron chi connectivity index (χ0n) is 14.3. The van der Waals surface area contributed by atoms with Crippen LogP contribution in [0.5, 0.6) is 0 Å². The molecule has 3 fully saturated rings. The van der Waals surface area contributed by atoms with Crippen molar-refractivity contribution < 1.29 is 0 Å². The van der Waals surface area contributed by atoms with Gasteiger partial charge in [0.15, 0.2) is 5.96 Å². The molecule has 4 nitrogen and oxygen atoms in total. The molecule has 0 bridgehead atoms. The molecule has 22 heavy (non-hydrogen) atoms. The van der Waals surface area contributed by atoms with Crippen molar-refractivity contribution in [2.75, 3.05) is 39.8 Å². The monoisotopic (exact) mass is 420 g/mol. The van der Waals surface area contributed by atoms with E-state index in [-0.39, 0.29) is 24.0 Å². The van der Waals surface area contributed by atoms with Crippen molar-refractivity contribution in [2.45, 2.75) is 57.9 Å². The standard InChI is InChI=1S/C17H32N4.HI/c1-17(8-3-4-9-17)14-19-16(18-2)21-12-7-15(13-21)20-10-5-6-11-20;/h15H,3-14H2,1-2H3,(H,18,19);1H. The maximum atomic E-state index is 4.54. The van der Waals surface area contributed by atoms with Crippen LogP contribution in [0.1, 0.15) is 51.9 Å². The molecular formula is C17H33IN4. The molecule has 0 aromatic rings. The SMILES string of the molecule is CN=C(NCC1(C)CCCC1)N1CCC(N2CCCC2)C1.I. The molecule has 128 valence electrons. The first kappa shape index (κ1) is 18.3. The fourth-order valence-electron chi connectivity index (χ4n) is 4.37. The molecule has 5 heteroatoms. The van der Waals surface area contributed by atoms with Crippen LogP contribution in [0.25, 0.3) is 0 Å². The van der Waals surface area contributed by atoms with Crippen molar-refractivity contribution in [1.82, 2.24) is 15.1 Å². The Morgan fingerprint density at radius 1 is 1.14 bits per heavy atom. The fourth-order valence-corrected chi connectivity index (χ4v) is 4.37. The Labute approximate surface area is 153 Å². The average Bonchev–Trinajstić information content (AvgIpc) is 3.20. The Morgan fingerprint density at radius 2 is 1.82 bits per heavy atom. The Kier molecular flexibility index (Phi) is 6.80. The highest BCUT2D eigenvalue weighted by atomic mass is 127. The lowest BCUT2D eigenvalue weighted by molar-refractivity contribution is 0.248. The number of rotatable bonds is 3. The number of guanidine groups is 1. The Hall–Kier alpha value is -0.0400. The van der Waals surface area contributed by atoms with E-state index in [1.807, 2.05) is 7.05 Å².